The highest BCUT2D eigenvalue weighted by molar-refractivity contribution is 5.10. The van der Waals surface area contributed by atoms with Crippen molar-refractivity contribution in [3.8, 4) is 0 Å². The number of rotatable bonds is 1. The molecular formula is C12H18O6. The van der Waals surface area contributed by atoms with Crippen molar-refractivity contribution in [1.82, 2.24) is 0 Å². The molecule has 0 bridgehead atoms. The van der Waals surface area contributed by atoms with E-state index in [2.05, 4.69) is 0 Å². The Morgan fingerprint density at radius 2 is 1.83 bits per heavy atom. The molecule has 3 rings (SSSR count). The maximum absolute atomic E-state index is 10.2. The lowest BCUT2D eigenvalue weighted by molar-refractivity contribution is -0.217. The van der Waals surface area contributed by atoms with Crippen molar-refractivity contribution in [2.45, 2.75) is 63.9 Å². The molecule has 0 saturated carbocycles. The maximum atomic E-state index is 10.2. The largest absolute Gasteiger partial charge is 0.457 e. The molecule has 2 saturated heterocycles. The highest BCUT2D eigenvalue weighted by atomic mass is 16.8. The van der Waals surface area contributed by atoms with E-state index in [0.717, 1.165) is 0 Å². The molecule has 0 aromatic carbocycles. The van der Waals surface area contributed by atoms with Crippen LogP contribution in [0.15, 0.2) is 12.0 Å². The van der Waals surface area contributed by atoms with Crippen LogP contribution in [0.3, 0.4) is 0 Å². The van der Waals surface area contributed by atoms with Crippen LogP contribution in [0, 0.1) is 0 Å². The van der Waals surface area contributed by atoms with Crippen LogP contribution in [-0.2, 0) is 23.7 Å². The lowest BCUT2D eigenvalue weighted by Gasteiger charge is -2.24. The summed E-state index contributed by atoms with van der Waals surface area (Å²) in [4.78, 5) is 0. The smallest absolute Gasteiger partial charge is 0.244 e. The molecule has 6 nitrogen and oxygen atoms in total. The maximum Gasteiger partial charge on any atom is 0.244 e. The molecule has 0 aromatic heterocycles. The van der Waals surface area contributed by atoms with Crippen LogP contribution < -0.4 is 0 Å². The predicted octanol–water partition coefficient (Wildman–Crippen LogP) is 0.848. The van der Waals surface area contributed by atoms with Gasteiger partial charge < -0.3 is 28.8 Å². The third-order valence-electron chi connectivity index (χ3n) is 3.12. The molecule has 18 heavy (non-hydrogen) atoms. The third kappa shape index (κ3) is 1.89. The summed E-state index contributed by atoms with van der Waals surface area (Å²) in [6, 6.07) is 0. The fourth-order valence-electron chi connectivity index (χ4n) is 2.38. The van der Waals surface area contributed by atoms with Gasteiger partial charge >= 0.3 is 0 Å². The lowest BCUT2D eigenvalue weighted by atomic mass is 10.1. The first kappa shape index (κ1) is 12.2. The summed E-state index contributed by atoms with van der Waals surface area (Å²) in [5.74, 6) is -0.995. The van der Waals surface area contributed by atoms with Crippen LogP contribution in [0.25, 0.3) is 0 Å². The minimum Gasteiger partial charge on any atom is -0.457 e. The van der Waals surface area contributed by atoms with Gasteiger partial charge in [-0.3, -0.25) is 0 Å². The standard InChI is InChI=1S/C12H18O6/c1-11(2)14-5-6(16-11)8-7(13)9-10(15-8)18-12(3,4)17-9/h5,7-10,13H,1-4H3. The topological polar surface area (TPSA) is 66.4 Å². The van der Waals surface area contributed by atoms with E-state index in [4.69, 9.17) is 23.7 Å². The van der Waals surface area contributed by atoms with Crippen LogP contribution in [0.4, 0.5) is 0 Å². The van der Waals surface area contributed by atoms with Crippen LogP contribution >= 0.6 is 0 Å². The summed E-state index contributed by atoms with van der Waals surface area (Å²) in [6.45, 7) is 7.14. The Kier molecular flexibility index (Phi) is 2.45. The zero-order chi connectivity index (χ0) is 13.1. The Hall–Kier alpha value is -0.820. The first-order valence-corrected chi connectivity index (χ1v) is 6.03. The minimum atomic E-state index is -0.833. The van der Waals surface area contributed by atoms with Crippen LogP contribution in [0.1, 0.15) is 27.7 Å². The quantitative estimate of drug-likeness (QED) is 0.752. The van der Waals surface area contributed by atoms with Gasteiger partial charge in [-0.1, -0.05) is 0 Å². The van der Waals surface area contributed by atoms with Crippen molar-refractivity contribution in [3.05, 3.63) is 12.0 Å². The number of ether oxygens (including phenoxy) is 5. The summed E-state index contributed by atoms with van der Waals surface area (Å²) in [5, 5.41) is 10.2. The van der Waals surface area contributed by atoms with Crippen molar-refractivity contribution in [2.75, 3.05) is 0 Å². The van der Waals surface area contributed by atoms with Crippen molar-refractivity contribution in [3.63, 3.8) is 0 Å². The Morgan fingerprint density at radius 1 is 1.11 bits per heavy atom. The van der Waals surface area contributed by atoms with Crippen molar-refractivity contribution in [1.29, 1.82) is 0 Å². The van der Waals surface area contributed by atoms with Gasteiger partial charge in [0.05, 0.1) is 0 Å². The van der Waals surface area contributed by atoms with Gasteiger partial charge in [0.1, 0.15) is 24.6 Å². The van der Waals surface area contributed by atoms with E-state index >= 15 is 0 Å². The van der Waals surface area contributed by atoms with Gasteiger partial charge in [-0.15, -0.1) is 0 Å². The first-order chi connectivity index (χ1) is 8.27. The molecular weight excluding hydrogens is 240 g/mol. The highest BCUT2D eigenvalue weighted by Crippen LogP contribution is 2.41. The van der Waals surface area contributed by atoms with Gasteiger partial charge in [0.25, 0.3) is 0 Å². The molecule has 102 valence electrons. The number of hydrogen-bond acceptors (Lipinski definition) is 6. The van der Waals surface area contributed by atoms with E-state index < -0.39 is 36.2 Å². The van der Waals surface area contributed by atoms with Gasteiger partial charge in [-0.25, -0.2) is 0 Å². The molecule has 1 N–H and O–H groups in total. The van der Waals surface area contributed by atoms with E-state index in [1.54, 1.807) is 27.7 Å². The first-order valence-electron chi connectivity index (χ1n) is 6.03. The average molecular weight is 258 g/mol. The molecule has 3 aliphatic heterocycles. The average Bonchev–Trinajstić information content (AvgIpc) is 2.81. The number of hydrogen-bond donors (Lipinski definition) is 1. The van der Waals surface area contributed by atoms with Gasteiger partial charge in [0.15, 0.2) is 17.8 Å². The fourth-order valence-corrected chi connectivity index (χ4v) is 2.38. The Labute approximate surface area is 105 Å². The lowest BCUT2D eigenvalue weighted by Crippen LogP contribution is -2.36. The molecule has 3 aliphatic rings. The summed E-state index contributed by atoms with van der Waals surface area (Å²) in [5.41, 5.74) is 0. The number of fused-ring (bicyclic) bond motifs is 1. The molecule has 6 heteroatoms. The molecule has 2 fully saturated rings. The summed E-state index contributed by atoms with van der Waals surface area (Å²) < 4.78 is 27.7. The van der Waals surface area contributed by atoms with Crippen LogP contribution in [0.2, 0.25) is 0 Å². The normalized spacial score (nSPS) is 44.2. The molecule has 3 heterocycles. The molecule has 0 spiro atoms. The Balaban J connectivity index is 1.72. The van der Waals surface area contributed by atoms with Gasteiger partial charge in [-0.2, -0.15) is 0 Å². The van der Waals surface area contributed by atoms with E-state index in [1.807, 2.05) is 0 Å². The van der Waals surface area contributed by atoms with Crippen LogP contribution in [0.5, 0.6) is 0 Å². The van der Waals surface area contributed by atoms with Gasteiger partial charge in [0, 0.05) is 13.8 Å². The van der Waals surface area contributed by atoms with Crippen molar-refractivity contribution >= 4 is 0 Å². The molecule has 4 atom stereocenters. The third-order valence-corrected chi connectivity index (χ3v) is 3.12. The van der Waals surface area contributed by atoms with Crippen molar-refractivity contribution < 1.29 is 28.8 Å². The van der Waals surface area contributed by atoms with Gasteiger partial charge in [0.2, 0.25) is 5.79 Å². The van der Waals surface area contributed by atoms with Gasteiger partial charge in [-0.05, 0) is 13.8 Å². The minimum absolute atomic E-state index is 0.465. The summed E-state index contributed by atoms with van der Waals surface area (Å²) in [7, 11) is 0. The molecule has 0 radical (unpaired) electrons. The number of aliphatic hydroxyl groups is 1. The second kappa shape index (κ2) is 3.60. The molecule has 4 unspecified atom stereocenters. The SMILES string of the molecule is CC1(C)OC=C(C2OC3OC(C)(C)OC3C2O)O1. The molecule has 0 aliphatic carbocycles. The van der Waals surface area contributed by atoms with E-state index in [9.17, 15) is 5.11 Å². The molecule has 0 amide bonds. The summed E-state index contributed by atoms with van der Waals surface area (Å²) >= 11 is 0. The second-order valence-electron chi connectivity index (χ2n) is 5.66. The zero-order valence-corrected chi connectivity index (χ0v) is 10.9. The van der Waals surface area contributed by atoms with E-state index in [0.29, 0.717) is 5.76 Å². The second-order valence-corrected chi connectivity index (χ2v) is 5.66. The fraction of sp³-hybridized carbons (Fsp3) is 0.833. The Bertz CT molecular complexity index is 388. The summed E-state index contributed by atoms with van der Waals surface area (Å²) in [6.07, 6.45) is -1.05. The predicted molar refractivity (Wildman–Crippen MR) is 59.0 cm³/mol. The Morgan fingerprint density at radius 3 is 2.39 bits per heavy atom. The van der Waals surface area contributed by atoms with Crippen LogP contribution in [-0.4, -0.2) is 41.3 Å². The highest BCUT2D eigenvalue weighted by Gasteiger charge is 2.56. The zero-order valence-electron chi connectivity index (χ0n) is 10.9. The van der Waals surface area contributed by atoms with Crippen molar-refractivity contribution in [2.24, 2.45) is 0 Å². The van der Waals surface area contributed by atoms with E-state index in [1.165, 1.54) is 6.26 Å². The molecule has 0 aromatic rings. The number of aliphatic hydroxyl groups excluding tert-OH is 1. The monoisotopic (exact) mass is 258 g/mol. The van der Waals surface area contributed by atoms with E-state index in [-0.39, 0.29) is 0 Å².